The molecule has 0 radical (unpaired) electrons. The minimum atomic E-state index is 0.305. The molecule has 1 saturated heterocycles. The van der Waals surface area contributed by atoms with Crippen molar-refractivity contribution in [3.63, 3.8) is 0 Å². The fourth-order valence-electron chi connectivity index (χ4n) is 2.90. The van der Waals surface area contributed by atoms with Gasteiger partial charge in [0.15, 0.2) is 0 Å². The Hall–Kier alpha value is -2.03. The van der Waals surface area contributed by atoms with Gasteiger partial charge in [-0.15, -0.1) is 15.3 Å². The molecule has 20 heavy (non-hydrogen) atoms. The second kappa shape index (κ2) is 4.23. The molecule has 4 rings (SSSR count). The zero-order chi connectivity index (χ0) is 13.6. The highest BCUT2D eigenvalue weighted by Gasteiger charge is 2.58. The van der Waals surface area contributed by atoms with Crippen molar-refractivity contribution >= 4 is 27.5 Å². The van der Waals surface area contributed by atoms with Crippen LogP contribution >= 0.6 is 11.3 Å². The van der Waals surface area contributed by atoms with Gasteiger partial charge in [-0.25, -0.2) is 4.98 Å². The van der Waals surface area contributed by atoms with Crippen LogP contribution in [0.5, 0.6) is 0 Å². The number of nitrogen functional groups attached to an aromatic ring is 1. The summed E-state index contributed by atoms with van der Waals surface area (Å²) < 4.78 is 0. The number of nitrogens with two attached hydrogens (primary N) is 1. The van der Waals surface area contributed by atoms with Crippen molar-refractivity contribution in [1.82, 2.24) is 25.4 Å². The smallest absolute Gasteiger partial charge is 0.245 e. The van der Waals surface area contributed by atoms with Crippen LogP contribution in [0, 0.1) is 5.41 Å². The van der Waals surface area contributed by atoms with E-state index in [2.05, 4.69) is 35.6 Å². The highest BCUT2D eigenvalue weighted by atomic mass is 32.1. The van der Waals surface area contributed by atoms with E-state index in [0.29, 0.717) is 16.6 Å². The summed E-state index contributed by atoms with van der Waals surface area (Å²) in [6.45, 7) is 1.94. The maximum Gasteiger partial charge on any atom is 0.245 e. The van der Waals surface area contributed by atoms with Crippen LogP contribution in [0.25, 0.3) is 0 Å². The van der Waals surface area contributed by atoms with Gasteiger partial charge in [-0.05, 0) is 12.8 Å². The van der Waals surface area contributed by atoms with Crippen LogP contribution in [-0.4, -0.2) is 44.5 Å². The summed E-state index contributed by atoms with van der Waals surface area (Å²) in [6, 6.07) is 0.441. The Kier molecular flexibility index (Phi) is 2.49. The quantitative estimate of drug-likeness (QED) is 0.836. The highest BCUT2D eigenvalue weighted by Crippen LogP contribution is 2.54. The van der Waals surface area contributed by atoms with Gasteiger partial charge in [0.2, 0.25) is 16.2 Å². The lowest BCUT2D eigenvalue weighted by Crippen LogP contribution is -2.24. The van der Waals surface area contributed by atoms with Gasteiger partial charge in [0.25, 0.3) is 0 Å². The van der Waals surface area contributed by atoms with Gasteiger partial charge in [-0.1, -0.05) is 11.3 Å². The van der Waals surface area contributed by atoms with Crippen LogP contribution in [0.4, 0.5) is 16.2 Å². The third-order valence-electron chi connectivity index (χ3n) is 4.07. The Morgan fingerprint density at radius 1 is 1.35 bits per heavy atom. The second-order valence-corrected chi connectivity index (χ2v) is 6.33. The number of nitrogens with zero attached hydrogens (tertiary/aromatic N) is 6. The van der Waals surface area contributed by atoms with E-state index in [1.54, 1.807) is 12.4 Å². The Morgan fingerprint density at radius 3 is 3.05 bits per heavy atom. The van der Waals surface area contributed by atoms with Crippen LogP contribution in [-0.2, 0) is 0 Å². The molecule has 2 unspecified atom stereocenters. The minimum Gasteiger partial charge on any atom is -0.374 e. The fourth-order valence-corrected chi connectivity index (χ4v) is 3.46. The van der Waals surface area contributed by atoms with E-state index in [1.165, 1.54) is 11.3 Å². The van der Waals surface area contributed by atoms with Crippen molar-refractivity contribution in [2.24, 2.45) is 5.41 Å². The van der Waals surface area contributed by atoms with Crippen molar-refractivity contribution in [2.45, 2.75) is 18.9 Å². The lowest BCUT2D eigenvalue weighted by Gasteiger charge is -2.15. The monoisotopic (exact) mass is 290 g/mol. The molecule has 2 aromatic rings. The van der Waals surface area contributed by atoms with E-state index in [4.69, 9.17) is 5.73 Å². The largest absolute Gasteiger partial charge is 0.374 e. The van der Waals surface area contributed by atoms with Gasteiger partial charge in [0.1, 0.15) is 0 Å². The molecule has 1 saturated carbocycles. The number of hydrogen-bond donors (Lipinski definition) is 2. The van der Waals surface area contributed by atoms with Crippen molar-refractivity contribution in [3.8, 4) is 0 Å². The van der Waals surface area contributed by atoms with Gasteiger partial charge in [0.05, 0.1) is 12.4 Å². The predicted octanol–water partition coefficient (Wildman–Crippen LogP) is 0.386. The summed E-state index contributed by atoms with van der Waals surface area (Å²) in [4.78, 5) is 6.46. The maximum absolute atomic E-state index is 5.59. The standard InChI is InChI=1S/C11H14N8S/c12-8-16-18-10(20-8)15-7-5-11(7)1-4-19(6-11)9-13-2-3-14-17-9/h2-3,7H,1,4-6H2,(H2,12,16)(H,15,18). The first kappa shape index (κ1) is 11.8. The van der Waals surface area contributed by atoms with E-state index in [9.17, 15) is 0 Å². The SMILES string of the molecule is Nc1nnc(NC2CC23CCN(c2nccnn2)C3)s1. The van der Waals surface area contributed by atoms with Crippen LogP contribution in [0.1, 0.15) is 12.8 Å². The van der Waals surface area contributed by atoms with E-state index < -0.39 is 0 Å². The molecule has 3 heterocycles. The molecular weight excluding hydrogens is 276 g/mol. The maximum atomic E-state index is 5.59. The molecule has 8 nitrogen and oxygen atoms in total. The van der Waals surface area contributed by atoms with Crippen molar-refractivity contribution < 1.29 is 0 Å². The topological polar surface area (TPSA) is 106 Å². The summed E-state index contributed by atoms with van der Waals surface area (Å²) in [5.74, 6) is 0.718. The second-order valence-electron chi connectivity index (χ2n) is 5.32. The zero-order valence-corrected chi connectivity index (χ0v) is 11.5. The molecule has 0 bridgehead atoms. The van der Waals surface area contributed by atoms with Crippen molar-refractivity contribution in [1.29, 1.82) is 0 Å². The van der Waals surface area contributed by atoms with Gasteiger partial charge in [-0.2, -0.15) is 5.10 Å². The van der Waals surface area contributed by atoms with E-state index >= 15 is 0 Å². The highest BCUT2D eigenvalue weighted by molar-refractivity contribution is 7.18. The third-order valence-corrected chi connectivity index (χ3v) is 4.75. The van der Waals surface area contributed by atoms with Gasteiger partial charge < -0.3 is 16.0 Å². The van der Waals surface area contributed by atoms with Gasteiger partial charge >= 0.3 is 0 Å². The summed E-state index contributed by atoms with van der Waals surface area (Å²) in [6.07, 6.45) is 5.55. The lowest BCUT2D eigenvalue weighted by molar-refractivity contribution is 0.562. The summed E-state index contributed by atoms with van der Waals surface area (Å²) in [5, 5.41) is 20.5. The van der Waals surface area contributed by atoms with E-state index in [1.807, 2.05) is 0 Å². The normalized spacial score (nSPS) is 28.0. The molecule has 2 aromatic heterocycles. The number of aromatic nitrogens is 5. The van der Waals surface area contributed by atoms with Crippen LogP contribution in [0.2, 0.25) is 0 Å². The third kappa shape index (κ3) is 1.94. The molecule has 1 spiro atoms. The lowest BCUT2D eigenvalue weighted by atomic mass is 10.1. The van der Waals surface area contributed by atoms with Gasteiger partial charge in [0, 0.05) is 24.5 Å². The molecule has 9 heteroatoms. The predicted molar refractivity (Wildman–Crippen MR) is 75.4 cm³/mol. The Balaban J connectivity index is 1.42. The molecule has 2 aliphatic rings. The number of anilines is 3. The molecule has 2 fully saturated rings. The Morgan fingerprint density at radius 2 is 2.30 bits per heavy atom. The van der Waals surface area contributed by atoms with Crippen molar-refractivity contribution in [2.75, 3.05) is 29.0 Å². The summed E-state index contributed by atoms with van der Waals surface area (Å²) >= 11 is 1.39. The van der Waals surface area contributed by atoms with Crippen molar-refractivity contribution in [3.05, 3.63) is 12.4 Å². The van der Waals surface area contributed by atoms with Crippen LogP contribution < -0.4 is 16.0 Å². The molecule has 2 atom stereocenters. The summed E-state index contributed by atoms with van der Waals surface area (Å²) in [5.41, 5.74) is 5.90. The minimum absolute atomic E-state index is 0.305. The Bertz CT molecular complexity index is 616. The van der Waals surface area contributed by atoms with Crippen LogP contribution in [0.15, 0.2) is 12.4 Å². The first-order valence-corrected chi connectivity index (χ1v) is 7.31. The molecule has 0 amide bonds. The Labute approximate surface area is 119 Å². The van der Waals surface area contributed by atoms with Gasteiger partial charge in [-0.3, -0.25) is 0 Å². The first-order chi connectivity index (χ1) is 9.75. The fraction of sp³-hybridized carbons (Fsp3) is 0.545. The van der Waals surface area contributed by atoms with E-state index in [0.717, 1.165) is 37.0 Å². The average Bonchev–Trinajstić information content (AvgIpc) is 2.78. The number of rotatable bonds is 3. The molecule has 104 valence electrons. The zero-order valence-electron chi connectivity index (χ0n) is 10.7. The van der Waals surface area contributed by atoms with E-state index in [-0.39, 0.29) is 0 Å². The average molecular weight is 290 g/mol. The molecule has 1 aliphatic heterocycles. The number of hydrogen-bond acceptors (Lipinski definition) is 9. The molecule has 0 aromatic carbocycles. The molecule has 1 aliphatic carbocycles. The first-order valence-electron chi connectivity index (χ1n) is 6.49. The molecular formula is C11H14N8S. The van der Waals surface area contributed by atoms with Crippen LogP contribution in [0.3, 0.4) is 0 Å². The molecule has 3 N–H and O–H groups in total. The summed E-state index contributed by atoms with van der Waals surface area (Å²) in [7, 11) is 0. The number of nitrogens with one attached hydrogen (secondary N) is 1.